The highest BCUT2D eigenvalue weighted by atomic mass is 32.2. The molecule has 0 aromatic carbocycles. The van der Waals surface area contributed by atoms with Gasteiger partial charge in [0, 0.05) is 13.0 Å². The molecule has 0 atom stereocenters. The summed E-state index contributed by atoms with van der Waals surface area (Å²) in [5, 5.41) is 6.97. The van der Waals surface area contributed by atoms with E-state index in [0.717, 1.165) is 0 Å². The zero-order valence-corrected chi connectivity index (χ0v) is 10.6. The van der Waals surface area contributed by atoms with Crippen LogP contribution < -0.4 is 10.5 Å². The Morgan fingerprint density at radius 1 is 1.50 bits per heavy atom. The number of nitrogens with two attached hydrogens (primary N) is 1. The molecule has 0 bridgehead atoms. The van der Waals surface area contributed by atoms with Crippen molar-refractivity contribution < 1.29 is 13.2 Å². The second-order valence-electron chi connectivity index (χ2n) is 3.76. The lowest BCUT2D eigenvalue weighted by Gasteiger charge is -2.09. The molecule has 0 amide bonds. The zero-order chi connectivity index (χ0) is 12.6. The van der Waals surface area contributed by atoms with E-state index < -0.39 is 10.0 Å². The first kappa shape index (κ1) is 15.3. The molecule has 0 aliphatic carbocycles. The van der Waals surface area contributed by atoms with Crippen LogP contribution in [0.5, 0.6) is 0 Å². The van der Waals surface area contributed by atoms with Crippen molar-refractivity contribution in [2.24, 2.45) is 5.73 Å². The highest BCUT2D eigenvalue weighted by molar-refractivity contribution is 7.89. The molecule has 7 heteroatoms. The van der Waals surface area contributed by atoms with Crippen LogP contribution in [0, 0.1) is 5.41 Å². The van der Waals surface area contributed by atoms with E-state index in [9.17, 15) is 8.42 Å². The monoisotopic (exact) mass is 251 g/mol. The van der Waals surface area contributed by atoms with Crippen LogP contribution in [0.15, 0.2) is 0 Å². The van der Waals surface area contributed by atoms with E-state index in [-0.39, 0.29) is 24.3 Å². The maximum absolute atomic E-state index is 11.4. The highest BCUT2D eigenvalue weighted by Crippen LogP contribution is 1.92. The quantitative estimate of drug-likeness (QED) is 0.306. The molecule has 0 unspecified atom stereocenters. The lowest BCUT2D eigenvalue weighted by Crippen LogP contribution is -2.30. The van der Waals surface area contributed by atoms with Gasteiger partial charge in [0.25, 0.3) is 0 Å². The molecule has 0 aliphatic rings. The van der Waals surface area contributed by atoms with Gasteiger partial charge >= 0.3 is 0 Å². The van der Waals surface area contributed by atoms with Crippen LogP contribution >= 0.6 is 0 Å². The Balaban J connectivity index is 3.67. The van der Waals surface area contributed by atoms with Crippen LogP contribution in [-0.4, -0.2) is 39.3 Å². The van der Waals surface area contributed by atoms with E-state index in [1.165, 1.54) is 0 Å². The van der Waals surface area contributed by atoms with Gasteiger partial charge in [-0.2, -0.15) is 0 Å². The maximum Gasteiger partial charge on any atom is 0.213 e. The van der Waals surface area contributed by atoms with Gasteiger partial charge in [0.15, 0.2) is 0 Å². The summed E-state index contributed by atoms with van der Waals surface area (Å²) in [4.78, 5) is 0. The third-order valence-corrected chi connectivity index (χ3v) is 3.10. The SMILES string of the molecule is CC(C)OCCS(=O)(=O)NCCCC(=N)N. The molecule has 0 spiro atoms. The molecule has 4 N–H and O–H groups in total. The lowest BCUT2D eigenvalue weighted by atomic mass is 10.3. The summed E-state index contributed by atoms with van der Waals surface area (Å²) in [7, 11) is -3.26. The molecule has 96 valence electrons. The zero-order valence-electron chi connectivity index (χ0n) is 9.82. The number of hydrogen-bond acceptors (Lipinski definition) is 4. The Kier molecular flexibility index (Phi) is 7.27. The van der Waals surface area contributed by atoms with Crippen molar-refractivity contribution >= 4 is 15.9 Å². The third kappa shape index (κ3) is 9.88. The minimum Gasteiger partial charge on any atom is -0.388 e. The number of ether oxygens (including phenoxy) is 1. The normalized spacial score (nSPS) is 11.9. The largest absolute Gasteiger partial charge is 0.388 e. The van der Waals surface area contributed by atoms with Gasteiger partial charge in [-0.3, -0.25) is 5.41 Å². The smallest absolute Gasteiger partial charge is 0.213 e. The lowest BCUT2D eigenvalue weighted by molar-refractivity contribution is 0.0911. The minimum absolute atomic E-state index is 0.0351. The number of rotatable bonds is 9. The second kappa shape index (κ2) is 7.59. The number of hydrogen-bond donors (Lipinski definition) is 3. The average molecular weight is 251 g/mol. The van der Waals surface area contributed by atoms with Crippen LogP contribution in [0.3, 0.4) is 0 Å². The number of nitrogens with one attached hydrogen (secondary N) is 2. The van der Waals surface area contributed by atoms with Crippen LogP contribution in [0.2, 0.25) is 0 Å². The molecule has 0 aliphatic heterocycles. The Bertz CT molecular complexity index is 301. The van der Waals surface area contributed by atoms with Crippen molar-refractivity contribution in [1.82, 2.24) is 4.72 Å². The standard InChI is InChI=1S/C9H21N3O3S/c1-8(2)15-6-7-16(13,14)12-5-3-4-9(10)11/h8,12H,3-7H2,1-2H3,(H3,10,11). The van der Waals surface area contributed by atoms with Crippen molar-refractivity contribution in [2.75, 3.05) is 18.9 Å². The number of amidine groups is 1. The van der Waals surface area contributed by atoms with Crippen molar-refractivity contribution in [1.29, 1.82) is 5.41 Å². The molecular weight excluding hydrogens is 230 g/mol. The molecular formula is C9H21N3O3S. The van der Waals surface area contributed by atoms with Gasteiger partial charge in [0.1, 0.15) is 0 Å². The van der Waals surface area contributed by atoms with Crippen LogP contribution in [0.25, 0.3) is 0 Å². The first-order chi connectivity index (χ1) is 7.33. The molecule has 0 radical (unpaired) electrons. The van der Waals surface area contributed by atoms with Crippen molar-refractivity contribution in [3.8, 4) is 0 Å². The van der Waals surface area contributed by atoms with Crippen molar-refractivity contribution in [3.63, 3.8) is 0 Å². The first-order valence-corrected chi connectivity index (χ1v) is 6.90. The van der Waals surface area contributed by atoms with Gasteiger partial charge in [-0.1, -0.05) is 0 Å². The first-order valence-electron chi connectivity index (χ1n) is 5.25. The molecule has 0 aromatic rings. The fraction of sp³-hybridized carbons (Fsp3) is 0.889. The Labute approximate surface area is 97.1 Å². The average Bonchev–Trinajstić information content (AvgIpc) is 2.11. The van der Waals surface area contributed by atoms with E-state index in [2.05, 4.69) is 4.72 Å². The third-order valence-electron chi connectivity index (χ3n) is 1.75. The minimum atomic E-state index is -3.26. The second-order valence-corrected chi connectivity index (χ2v) is 5.69. The van der Waals surface area contributed by atoms with E-state index in [1.54, 1.807) is 0 Å². The van der Waals surface area contributed by atoms with E-state index in [1.807, 2.05) is 13.8 Å². The molecule has 6 nitrogen and oxygen atoms in total. The summed E-state index contributed by atoms with van der Waals surface area (Å²) in [5.74, 6) is 0.0352. The Morgan fingerprint density at radius 2 is 2.12 bits per heavy atom. The molecule has 0 rings (SSSR count). The van der Waals surface area contributed by atoms with Gasteiger partial charge in [-0.15, -0.1) is 0 Å². The highest BCUT2D eigenvalue weighted by Gasteiger charge is 2.09. The molecule has 0 saturated carbocycles. The van der Waals surface area contributed by atoms with Crippen molar-refractivity contribution in [2.45, 2.75) is 32.8 Å². The topological polar surface area (TPSA) is 105 Å². The van der Waals surface area contributed by atoms with Crippen molar-refractivity contribution in [3.05, 3.63) is 0 Å². The predicted octanol–water partition coefficient (Wildman–Crippen LogP) is 0.0470. The van der Waals surface area contributed by atoms with E-state index in [0.29, 0.717) is 19.4 Å². The predicted molar refractivity (Wildman–Crippen MR) is 64.0 cm³/mol. The van der Waals surface area contributed by atoms with Crippen LogP contribution in [0.4, 0.5) is 0 Å². The summed E-state index contributed by atoms with van der Waals surface area (Å²) in [6.45, 7) is 4.21. The van der Waals surface area contributed by atoms with E-state index >= 15 is 0 Å². The van der Waals surface area contributed by atoms with Gasteiger partial charge in [-0.25, -0.2) is 13.1 Å². The van der Waals surface area contributed by atoms with Crippen LogP contribution in [0.1, 0.15) is 26.7 Å². The Hall–Kier alpha value is -0.660. The fourth-order valence-corrected chi connectivity index (χ4v) is 1.89. The summed E-state index contributed by atoms with van der Waals surface area (Å²) in [5.41, 5.74) is 5.14. The van der Waals surface area contributed by atoms with E-state index in [4.69, 9.17) is 15.9 Å². The van der Waals surface area contributed by atoms with Crippen LogP contribution in [-0.2, 0) is 14.8 Å². The molecule has 0 saturated heterocycles. The van der Waals surface area contributed by atoms with Gasteiger partial charge in [0.2, 0.25) is 10.0 Å². The van der Waals surface area contributed by atoms with Gasteiger partial charge < -0.3 is 10.5 Å². The Morgan fingerprint density at radius 3 is 2.62 bits per heavy atom. The van der Waals surface area contributed by atoms with Gasteiger partial charge in [-0.05, 0) is 20.3 Å². The number of sulfonamides is 1. The summed E-state index contributed by atoms with van der Waals surface area (Å²) < 4.78 is 30.3. The van der Waals surface area contributed by atoms with Gasteiger partial charge in [0.05, 0.1) is 24.3 Å². The summed E-state index contributed by atoms with van der Waals surface area (Å²) in [6, 6.07) is 0. The fourth-order valence-electron chi connectivity index (χ4n) is 0.972. The molecule has 0 heterocycles. The molecule has 0 fully saturated rings. The maximum atomic E-state index is 11.4. The summed E-state index contributed by atoms with van der Waals surface area (Å²) in [6.07, 6.45) is 0.984. The summed E-state index contributed by atoms with van der Waals surface area (Å²) >= 11 is 0. The molecule has 0 aromatic heterocycles. The molecule has 16 heavy (non-hydrogen) atoms.